The first kappa shape index (κ1) is 29.4. The summed E-state index contributed by atoms with van der Waals surface area (Å²) < 4.78 is 13.5. The Balaban J connectivity index is 1.57. The van der Waals surface area contributed by atoms with E-state index < -0.39 is 0 Å². The van der Waals surface area contributed by atoms with E-state index in [9.17, 15) is 10.1 Å². The predicted molar refractivity (Wildman–Crippen MR) is 169 cm³/mol. The van der Waals surface area contributed by atoms with Crippen LogP contribution in [0, 0.1) is 11.3 Å². The summed E-state index contributed by atoms with van der Waals surface area (Å²) in [6.07, 6.45) is 7.03. The minimum absolute atomic E-state index is 0.275. The van der Waals surface area contributed by atoms with Gasteiger partial charge >= 0.3 is 0 Å². The van der Waals surface area contributed by atoms with Crippen LogP contribution in [0.5, 0.6) is 11.5 Å². The van der Waals surface area contributed by atoms with Crippen molar-refractivity contribution in [2.24, 2.45) is 0 Å². The number of methoxy groups -OCH3 is 2. The van der Waals surface area contributed by atoms with Crippen molar-refractivity contribution in [3.05, 3.63) is 60.9 Å². The molecule has 2 N–H and O–H groups in total. The van der Waals surface area contributed by atoms with Gasteiger partial charge in [-0.1, -0.05) is 6.58 Å². The summed E-state index contributed by atoms with van der Waals surface area (Å²) in [5.74, 6) is 1.20. The highest BCUT2D eigenvalue weighted by molar-refractivity contribution is 6.02. The third-order valence-corrected chi connectivity index (χ3v) is 7.45. The fraction of sp³-hybridized carbons (Fsp3) is 0.312. The molecular formula is C32H36N8O3. The third kappa shape index (κ3) is 6.24. The van der Waals surface area contributed by atoms with Crippen LogP contribution in [0.3, 0.4) is 0 Å². The lowest BCUT2D eigenvalue weighted by Gasteiger charge is -2.26. The number of amides is 1. The number of nitrogens with one attached hydrogen (secondary N) is 2. The maximum atomic E-state index is 12.4. The Morgan fingerprint density at radius 2 is 1.95 bits per heavy atom. The van der Waals surface area contributed by atoms with Gasteiger partial charge in [0.2, 0.25) is 11.9 Å². The Hall–Kier alpha value is -5.08. The predicted octanol–water partition coefficient (Wildman–Crippen LogP) is 5.19. The summed E-state index contributed by atoms with van der Waals surface area (Å²) in [5.41, 5.74) is 4.65. The fourth-order valence-corrected chi connectivity index (χ4v) is 4.96. The normalized spacial score (nSPS) is 12.6. The number of hydrogen-bond donors (Lipinski definition) is 2. The van der Waals surface area contributed by atoms with Gasteiger partial charge in [-0.15, -0.1) is 0 Å². The molecular weight excluding hydrogens is 544 g/mol. The number of nitriles is 1. The highest BCUT2D eigenvalue weighted by Gasteiger charge is 2.27. The first-order chi connectivity index (χ1) is 20.8. The molecule has 11 heteroatoms. The first-order valence-corrected chi connectivity index (χ1v) is 14.0. The van der Waals surface area contributed by atoms with E-state index in [1.54, 1.807) is 20.3 Å². The average Bonchev–Trinajstić information content (AvgIpc) is 3.79. The summed E-state index contributed by atoms with van der Waals surface area (Å²) in [7, 11) is 9.19. The van der Waals surface area contributed by atoms with Crippen LogP contribution in [-0.4, -0.2) is 73.8 Å². The van der Waals surface area contributed by atoms with Crippen LogP contribution in [0.1, 0.15) is 24.4 Å². The highest BCUT2D eigenvalue weighted by atomic mass is 16.5. The van der Waals surface area contributed by atoms with E-state index in [-0.39, 0.29) is 11.9 Å². The van der Waals surface area contributed by atoms with Crippen molar-refractivity contribution in [3.63, 3.8) is 0 Å². The number of carbonyl (C=O) groups excluding carboxylic acids is 1. The Bertz CT molecular complexity index is 1720. The molecule has 0 aliphatic heterocycles. The Kier molecular flexibility index (Phi) is 8.50. The molecule has 11 nitrogen and oxygen atoms in total. The van der Waals surface area contributed by atoms with E-state index in [4.69, 9.17) is 14.5 Å². The lowest BCUT2D eigenvalue weighted by atomic mass is 10.1. The number of fused-ring (bicyclic) bond motifs is 1. The minimum atomic E-state index is -0.335. The SMILES string of the molecule is C=CC(=O)Nc1cc(Nc2ncc(C#N)c(-c3cn(C4CC4)c4ccc(OC)cc34)n2)c(OC)cc1N(C)CCN(C)C. The monoisotopic (exact) mass is 580 g/mol. The van der Waals surface area contributed by atoms with Crippen LogP contribution >= 0.6 is 0 Å². The van der Waals surface area contributed by atoms with Crippen molar-refractivity contribution < 1.29 is 14.3 Å². The minimum Gasteiger partial charge on any atom is -0.497 e. The summed E-state index contributed by atoms with van der Waals surface area (Å²) in [6.45, 7) is 5.13. The van der Waals surface area contributed by atoms with Gasteiger partial charge in [0.15, 0.2) is 0 Å². The van der Waals surface area contributed by atoms with Gasteiger partial charge in [0.25, 0.3) is 0 Å². The quantitative estimate of drug-likeness (QED) is 0.218. The molecule has 0 saturated heterocycles. The lowest BCUT2D eigenvalue weighted by molar-refractivity contribution is -0.111. The molecule has 4 aromatic rings. The smallest absolute Gasteiger partial charge is 0.247 e. The van der Waals surface area contributed by atoms with Crippen LogP contribution < -0.4 is 25.0 Å². The van der Waals surface area contributed by atoms with Crippen LogP contribution in [0.2, 0.25) is 0 Å². The van der Waals surface area contributed by atoms with Gasteiger partial charge in [0.05, 0.1) is 48.7 Å². The highest BCUT2D eigenvalue weighted by Crippen LogP contribution is 2.43. The number of benzene rings is 2. The second kappa shape index (κ2) is 12.4. The summed E-state index contributed by atoms with van der Waals surface area (Å²) in [5, 5.41) is 17.1. The molecule has 0 unspecified atom stereocenters. The van der Waals surface area contributed by atoms with Crippen molar-refractivity contribution in [1.29, 1.82) is 5.26 Å². The lowest BCUT2D eigenvalue weighted by Crippen LogP contribution is -2.29. The van der Waals surface area contributed by atoms with E-state index in [0.717, 1.165) is 53.8 Å². The van der Waals surface area contributed by atoms with Gasteiger partial charge < -0.3 is 34.5 Å². The number of nitrogens with zero attached hydrogens (tertiary/aromatic N) is 6. The molecule has 1 saturated carbocycles. The number of aromatic nitrogens is 3. The second-order valence-electron chi connectivity index (χ2n) is 10.7. The van der Waals surface area contributed by atoms with Gasteiger partial charge in [-0.2, -0.15) is 5.26 Å². The molecule has 5 rings (SSSR count). The van der Waals surface area contributed by atoms with Gasteiger partial charge in [0.1, 0.15) is 17.6 Å². The molecule has 2 aromatic carbocycles. The number of carbonyl (C=O) groups is 1. The van der Waals surface area contributed by atoms with E-state index in [2.05, 4.69) is 43.9 Å². The molecule has 0 bridgehead atoms. The zero-order chi connectivity index (χ0) is 30.7. The molecule has 1 aliphatic rings. The average molecular weight is 581 g/mol. The van der Waals surface area contributed by atoms with Crippen LogP contribution in [0.15, 0.2) is 55.4 Å². The summed E-state index contributed by atoms with van der Waals surface area (Å²) in [4.78, 5) is 25.7. The number of likely N-dealkylation sites (N-methyl/N-ethyl adjacent to an activating group) is 2. The van der Waals surface area contributed by atoms with Crippen molar-refractivity contribution in [2.75, 3.05) is 64.0 Å². The van der Waals surface area contributed by atoms with Crippen molar-refractivity contribution in [1.82, 2.24) is 19.4 Å². The maximum absolute atomic E-state index is 12.4. The third-order valence-electron chi connectivity index (χ3n) is 7.45. The fourth-order valence-electron chi connectivity index (χ4n) is 4.96. The van der Waals surface area contributed by atoms with Crippen LogP contribution in [-0.2, 0) is 4.79 Å². The molecule has 0 radical (unpaired) electrons. The Morgan fingerprint density at radius 3 is 2.60 bits per heavy atom. The van der Waals surface area contributed by atoms with Crippen LogP contribution in [0.25, 0.3) is 22.2 Å². The number of rotatable bonds is 12. The summed E-state index contributed by atoms with van der Waals surface area (Å²) >= 11 is 0. The van der Waals surface area contributed by atoms with Crippen LogP contribution in [0.4, 0.5) is 23.0 Å². The number of anilines is 4. The van der Waals surface area contributed by atoms with Crippen molar-refractivity contribution >= 4 is 39.8 Å². The summed E-state index contributed by atoms with van der Waals surface area (Å²) in [6, 6.07) is 12.3. The molecule has 222 valence electrons. The molecule has 2 heterocycles. The van der Waals surface area contributed by atoms with Gasteiger partial charge in [-0.3, -0.25) is 4.79 Å². The van der Waals surface area contributed by atoms with Crippen molar-refractivity contribution in [2.45, 2.75) is 18.9 Å². The number of ether oxygens (including phenoxy) is 2. The van der Waals surface area contributed by atoms with Gasteiger partial charge in [0, 0.05) is 54.9 Å². The van der Waals surface area contributed by atoms with E-state index in [1.165, 1.54) is 12.3 Å². The molecule has 1 amide bonds. The Labute approximate surface area is 251 Å². The Morgan fingerprint density at radius 1 is 1.16 bits per heavy atom. The van der Waals surface area contributed by atoms with Gasteiger partial charge in [-0.05, 0) is 57.3 Å². The van der Waals surface area contributed by atoms with E-state index >= 15 is 0 Å². The largest absolute Gasteiger partial charge is 0.497 e. The standard InChI is InChI=1S/C32H36N8O3/c1-7-30(41)35-25-15-26(29(43-6)16-28(25)39(4)13-12-38(2)3)36-32-34-18-20(17-33)31(37-32)24-19-40(21-8-9-21)27-11-10-22(42-5)14-23(24)27/h7,10-11,14-16,18-19,21H,1,8-9,12-13H2,2-6H3,(H,35,41)(H,34,36,37). The zero-order valence-electron chi connectivity index (χ0n) is 25.1. The first-order valence-electron chi connectivity index (χ1n) is 14.0. The molecule has 2 aromatic heterocycles. The number of hydrogen-bond acceptors (Lipinski definition) is 9. The maximum Gasteiger partial charge on any atom is 0.247 e. The molecule has 1 fully saturated rings. The molecule has 0 spiro atoms. The molecule has 1 aliphatic carbocycles. The van der Waals surface area contributed by atoms with E-state index in [1.807, 2.05) is 50.3 Å². The molecule has 43 heavy (non-hydrogen) atoms. The van der Waals surface area contributed by atoms with E-state index in [0.29, 0.717) is 34.4 Å². The topological polar surface area (TPSA) is 121 Å². The molecule has 0 atom stereocenters. The van der Waals surface area contributed by atoms with Gasteiger partial charge in [-0.25, -0.2) is 9.97 Å². The zero-order valence-corrected chi connectivity index (χ0v) is 25.1. The second-order valence-corrected chi connectivity index (χ2v) is 10.7. The van der Waals surface area contributed by atoms with Crippen molar-refractivity contribution in [3.8, 4) is 28.8 Å².